The summed E-state index contributed by atoms with van der Waals surface area (Å²) < 4.78 is 35.3. The van der Waals surface area contributed by atoms with Crippen LogP contribution in [-0.2, 0) is 9.84 Å². The Morgan fingerprint density at radius 3 is 2.67 bits per heavy atom. The monoisotopic (exact) mass is 196 g/mol. The van der Waals surface area contributed by atoms with E-state index in [2.05, 4.69) is 0 Å². The molecule has 0 aromatic rings. The second kappa shape index (κ2) is 2.96. The highest BCUT2D eigenvalue weighted by molar-refractivity contribution is 7.91. The van der Waals surface area contributed by atoms with Gasteiger partial charge in [-0.05, 0) is 6.42 Å². The predicted molar refractivity (Wildman–Crippen MR) is 43.4 cm³/mol. The maximum absolute atomic E-state index is 13.2. The fourth-order valence-corrected chi connectivity index (χ4v) is 3.43. The van der Waals surface area contributed by atoms with Gasteiger partial charge in [0.25, 0.3) is 0 Å². The first-order chi connectivity index (χ1) is 5.40. The van der Waals surface area contributed by atoms with Gasteiger partial charge in [0, 0.05) is 5.41 Å². The van der Waals surface area contributed by atoms with Crippen LogP contribution in [0.15, 0.2) is 0 Å². The first-order valence-electron chi connectivity index (χ1n) is 3.85. The van der Waals surface area contributed by atoms with E-state index in [0.29, 0.717) is 0 Å². The van der Waals surface area contributed by atoms with Crippen molar-refractivity contribution in [1.82, 2.24) is 0 Å². The second-order valence-corrected chi connectivity index (χ2v) is 5.84. The first kappa shape index (κ1) is 9.92. The minimum absolute atomic E-state index is 0.0133. The van der Waals surface area contributed by atoms with Crippen LogP contribution in [0.5, 0.6) is 0 Å². The molecule has 1 saturated heterocycles. The van der Waals surface area contributed by atoms with Gasteiger partial charge in [-0.15, -0.1) is 0 Å². The summed E-state index contributed by atoms with van der Waals surface area (Å²) in [5.74, 6) is -0.332. The molecule has 1 rings (SSSR count). The molecule has 1 N–H and O–H groups in total. The minimum atomic E-state index is -3.14. The van der Waals surface area contributed by atoms with Crippen LogP contribution >= 0.6 is 0 Å². The molecule has 0 aromatic carbocycles. The topological polar surface area (TPSA) is 54.4 Å². The lowest BCUT2D eigenvalue weighted by molar-refractivity contribution is 0.0626. The van der Waals surface area contributed by atoms with E-state index >= 15 is 0 Å². The van der Waals surface area contributed by atoms with Crippen molar-refractivity contribution in [3.63, 3.8) is 0 Å². The molecule has 0 amide bonds. The van der Waals surface area contributed by atoms with E-state index in [4.69, 9.17) is 5.11 Å². The summed E-state index contributed by atoms with van der Waals surface area (Å²) in [5.41, 5.74) is -1.09. The Bertz CT molecular complexity index is 262. The molecule has 5 heteroatoms. The number of aliphatic hydroxyl groups excluding tert-OH is 1. The van der Waals surface area contributed by atoms with Gasteiger partial charge in [0.2, 0.25) is 0 Å². The summed E-state index contributed by atoms with van der Waals surface area (Å²) in [4.78, 5) is 0. The standard InChI is InChI=1S/C7H13FO3S/c1-7(4-9)5-12(10,11)3-2-6(7)8/h6,9H,2-5H2,1H3. The van der Waals surface area contributed by atoms with Gasteiger partial charge in [-0.3, -0.25) is 0 Å². The van der Waals surface area contributed by atoms with Crippen molar-refractivity contribution in [2.24, 2.45) is 5.41 Å². The van der Waals surface area contributed by atoms with Crippen molar-refractivity contribution in [2.75, 3.05) is 18.1 Å². The molecule has 0 bridgehead atoms. The van der Waals surface area contributed by atoms with E-state index in [1.807, 2.05) is 0 Å². The highest BCUT2D eigenvalue weighted by atomic mass is 32.2. The minimum Gasteiger partial charge on any atom is -0.396 e. The average Bonchev–Trinajstić information content (AvgIpc) is 1.97. The fraction of sp³-hybridized carbons (Fsp3) is 1.00. The molecular formula is C7H13FO3S. The van der Waals surface area contributed by atoms with Gasteiger partial charge in [0.05, 0.1) is 18.1 Å². The molecule has 3 nitrogen and oxygen atoms in total. The van der Waals surface area contributed by atoms with Crippen LogP contribution in [0.2, 0.25) is 0 Å². The number of rotatable bonds is 1. The van der Waals surface area contributed by atoms with E-state index in [1.165, 1.54) is 6.92 Å². The van der Waals surface area contributed by atoms with Crippen LogP contribution in [0.25, 0.3) is 0 Å². The molecule has 0 aliphatic carbocycles. The van der Waals surface area contributed by atoms with Gasteiger partial charge in [0.1, 0.15) is 6.17 Å². The highest BCUT2D eigenvalue weighted by Crippen LogP contribution is 2.32. The van der Waals surface area contributed by atoms with Crippen LogP contribution < -0.4 is 0 Å². The number of hydrogen-bond donors (Lipinski definition) is 1. The summed E-state index contributed by atoms with van der Waals surface area (Å²) in [6.45, 7) is 1.06. The number of hydrogen-bond acceptors (Lipinski definition) is 3. The number of sulfone groups is 1. The van der Waals surface area contributed by atoms with Crippen LogP contribution in [0.3, 0.4) is 0 Å². The SMILES string of the molecule is CC1(CO)CS(=O)(=O)CCC1F. The number of aliphatic hydroxyl groups is 1. The lowest BCUT2D eigenvalue weighted by atomic mass is 9.86. The maximum Gasteiger partial charge on any atom is 0.151 e. The first-order valence-corrected chi connectivity index (χ1v) is 5.67. The van der Waals surface area contributed by atoms with E-state index in [1.54, 1.807) is 0 Å². The summed E-state index contributed by atoms with van der Waals surface area (Å²) in [7, 11) is -3.14. The molecule has 12 heavy (non-hydrogen) atoms. The van der Waals surface area contributed by atoms with Gasteiger partial charge in [0.15, 0.2) is 9.84 Å². The van der Waals surface area contributed by atoms with Gasteiger partial charge in [-0.25, -0.2) is 12.8 Å². The molecule has 2 unspecified atom stereocenters. The zero-order valence-corrected chi connectivity index (χ0v) is 7.77. The summed E-state index contributed by atoms with van der Waals surface area (Å²) >= 11 is 0. The quantitative estimate of drug-likeness (QED) is 0.649. The largest absolute Gasteiger partial charge is 0.396 e. The Morgan fingerprint density at radius 2 is 2.25 bits per heavy atom. The van der Waals surface area contributed by atoms with E-state index in [0.717, 1.165) is 0 Å². The fourth-order valence-electron chi connectivity index (χ4n) is 1.44. The van der Waals surface area contributed by atoms with E-state index < -0.39 is 28.0 Å². The summed E-state index contributed by atoms with van der Waals surface area (Å²) in [5, 5.41) is 8.85. The number of alkyl halides is 1. The summed E-state index contributed by atoms with van der Waals surface area (Å²) in [6.07, 6.45) is -1.19. The third-order valence-electron chi connectivity index (χ3n) is 2.35. The Balaban J connectivity index is 2.86. The second-order valence-electron chi connectivity index (χ2n) is 3.66. The maximum atomic E-state index is 13.2. The molecule has 1 aliphatic rings. The molecule has 1 fully saturated rings. The van der Waals surface area contributed by atoms with Gasteiger partial charge in [-0.2, -0.15) is 0 Å². The van der Waals surface area contributed by atoms with Crippen molar-refractivity contribution < 1.29 is 17.9 Å². The molecule has 0 saturated carbocycles. The molecule has 0 radical (unpaired) electrons. The van der Waals surface area contributed by atoms with Crippen molar-refractivity contribution in [3.8, 4) is 0 Å². The third kappa shape index (κ3) is 1.77. The molecule has 2 atom stereocenters. The lowest BCUT2D eigenvalue weighted by Gasteiger charge is -2.34. The summed E-state index contributed by atoms with van der Waals surface area (Å²) in [6, 6.07) is 0. The van der Waals surface area contributed by atoms with Crippen LogP contribution in [-0.4, -0.2) is 37.8 Å². The smallest absolute Gasteiger partial charge is 0.151 e. The average molecular weight is 196 g/mol. The normalized spacial score (nSPS) is 41.1. The molecule has 0 spiro atoms. The lowest BCUT2D eigenvalue weighted by Crippen LogP contribution is -2.45. The Labute approximate surface area is 71.5 Å². The van der Waals surface area contributed by atoms with Crippen molar-refractivity contribution in [3.05, 3.63) is 0 Å². The third-order valence-corrected chi connectivity index (χ3v) is 4.31. The zero-order chi connectivity index (χ0) is 9.41. The van der Waals surface area contributed by atoms with Crippen LogP contribution in [0.1, 0.15) is 13.3 Å². The van der Waals surface area contributed by atoms with Gasteiger partial charge < -0.3 is 5.11 Å². The molecule has 1 aliphatic heterocycles. The van der Waals surface area contributed by atoms with Crippen molar-refractivity contribution in [2.45, 2.75) is 19.5 Å². The Morgan fingerprint density at radius 1 is 1.67 bits per heavy atom. The molecular weight excluding hydrogens is 183 g/mol. The van der Waals surface area contributed by atoms with Crippen molar-refractivity contribution >= 4 is 9.84 Å². The van der Waals surface area contributed by atoms with Crippen LogP contribution in [0, 0.1) is 5.41 Å². The Kier molecular flexibility index (Phi) is 2.45. The van der Waals surface area contributed by atoms with Crippen molar-refractivity contribution in [1.29, 1.82) is 0 Å². The highest BCUT2D eigenvalue weighted by Gasteiger charge is 2.42. The molecule has 72 valence electrons. The predicted octanol–water partition coefficient (Wildman–Crippen LogP) is 0.142. The van der Waals surface area contributed by atoms with E-state index in [9.17, 15) is 12.8 Å². The zero-order valence-electron chi connectivity index (χ0n) is 6.96. The Hall–Kier alpha value is -0.160. The van der Waals surface area contributed by atoms with Gasteiger partial charge in [-0.1, -0.05) is 6.92 Å². The molecule has 0 aromatic heterocycles. The van der Waals surface area contributed by atoms with Gasteiger partial charge >= 0.3 is 0 Å². The number of halogens is 1. The molecule has 1 heterocycles. The van der Waals surface area contributed by atoms with Crippen LogP contribution in [0.4, 0.5) is 4.39 Å². The van der Waals surface area contributed by atoms with E-state index in [-0.39, 0.29) is 17.9 Å².